The maximum atomic E-state index is 13.3. The van der Waals surface area contributed by atoms with Crippen LogP contribution in [0.1, 0.15) is 11.1 Å². The number of nitrogens with one attached hydrogen (secondary N) is 1. The van der Waals surface area contributed by atoms with E-state index in [2.05, 4.69) is 5.32 Å². The van der Waals surface area contributed by atoms with Crippen LogP contribution in [0.15, 0.2) is 30.3 Å². The third kappa shape index (κ3) is 3.33. The normalized spacial score (nSPS) is 10.8. The highest BCUT2D eigenvalue weighted by Crippen LogP contribution is 2.14. The molecule has 0 radical (unpaired) electrons. The van der Waals surface area contributed by atoms with Gasteiger partial charge in [-0.15, -0.1) is 0 Å². The Morgan fingerprint density at radius 2 is 1.25 bits per heavy atom. The fourth-order valence-electron chi connectivity index (χ4n) is 1.71. The molecule has 2 aromatic rings. The quantitative estimate of drug-likeness (QED) is 0.668. The Kier molecular flexibility index (Phi) is 4.34. The summed E-state index contributed by atoms with van der Waals surface area (Å²) >= 11 is 0. The molecule has 0 fully saturated rings. The highest BCUT2D eigenvalue weighted by molar-refractivity contribution is 5.21. The van der Waals surface area contributed by atoms with E-state index in [4.69, 9.17) is 0 Å². The first-order valence-corrected chi connectivity index (χ1v) is 5.75. The van der Waals surface area contributed by atoms with E-state index in [0.717, 1.165) is 24.3 Å². The summed E-state index contributed by atoms with van der Waals surface area (Å²) in [5.41, 5.74) is -0.0336. The van der Waals surface area contributed by atoms with Gasteiger partial charge in [-0.05, 0) is 24.3 Å². The molecule has 106 valence electrons. The van der Waals surface area contributed by atoms with Gasteiger partial charge in [-0.2, -0.15) is 0 Å². The molecule has 1 nitrogen and oxygen atoms in total. The second-order valence-corrected chi connectivity index (χ2v) is 4.20. The zero-order valence-electron chi connectivity index (χ0n) is 10.2. The fraction of sp³-hybridized carbons (Fsp3) is 0.143. The molecule has 1 N–H and O–H groups in total. The summed E-state index contributed by atoms with van der Waals surface area (Å²) in [4.78, 5) is 0. The molecule has 0 aliphatic carbocycles. The zero-order chi connectivity index (χ0) is 14.7. The van der Waals surface area contributed by atoms with Gasteiger partial charge in [-0.3, -0.25) is 0 Å². The Morgan fingerprint density at radius 1 is 0.650 bits per heavy atom. The number of rotatable bonds is 4. The Hall–Kier alpha value is -1.95. The lowest BCUT2D eigenvalue weighted by molar-refractivity contribution is 0.486. The topological polar surface area (TPSA) is 12.0 Å². The van der Waals surface area contributed by atoms with Crippen molar-refractivity contribution < 1.29 is 22.0 Å². The first-order valence-electron chi connectivity index (χ1n) is 5.75. The van der Waals surface area contributed by atoms with Crippen molar-refractivity contribution in [1.82, 2.24) is 5.32 Å². The number of halogens is 5. The van der Waals surface area contributed by atoms with Crippen LogP contribution in [0.3, 0.4) is 0 Å². The summed E-state index contributed by atoms with van der Waals surface area (Å²) in [6.07, 6.45) is 0. The predicted molar refractivity (Wildman–Crippen MR) is 63.2 cm³/mol. The maximum Gasteiger partial charge on any atom is 0.161 e. The summed E-state index contributed by atoms with van der Waals surface area (Å²) in [6.45, 7) is -0.207. The molecular formula is C14H10F5N. The van der Waals surface area contributed by atoms with Crippen LogP contribution in [0.5, 0.6) is 0 Å². The van der Waals surface area contributed by atoms with Gasteiger partial charge in [0.2, 0.25) is 0 Å². The van der Waals surface area contributed by atoms with Crippen molar-refractivity contribution in [2.45, 2.75) is 13.1 Å². The van der Waals surface area contributed by atoms with E-state index in [9.17, 15) is 22.0 Å². The molecule has 0 unspecified atom stereocenters. The van der Waals surface area contributed by atoms with Crippen LogP contribution in [0.4, 0.5) is 22.0 Å². The third-order valence-corrected chi connectivity index (χ3v) is 2.73. The van der Waals surface area contributed by atoms with Gasteiger partial charge in [0.25, 0.3) is 0 Å². The Bertz CT molecular complexity index is 627. The molecule has 6 heteroatoms. The van der Waals surface area contributed by atoms with Crippen LogP contribution in [-0.2, 0) is 13.1 Å². The summed E-state index contributed by atoms with van der Waals surface area (Å²) < 4.78 is 65.2. The van der Waals surface area contributed by atoms with Crippen molar-refractivity contribution in [3.63, 3.8) is 0 Å². The van der Waals surface area contributed by atoms with Crippen LogP contribution in [0.2, 0.25) is 0 Å². The van der Waals surface area contributed by atoms with Crippen molar-refractivity contribution in [3.05, 3.63) is 70.5 Å². The van der Waals surface area contributed by atoms with E-state index < -0.39 is 29.1 Å². The van der Waals surface area contributed by atoms with Gasteiger partial charge in [0.05, 0.1) is 0 Å². The molecule has 0 amide bonds. The molecule has 0 aromatic heterocycles. The monoisotopic (exact) mass is 287 g/mol. The minimum absolute atomic E-state index is 0.0630. The molecule has 2 aromatic carbocycles. The number of hydrogen-bond acceptors (Lipinski definition) is 1. The van der Waals surface area contributed by atoms with E-state index in [1.165, 1.54) is 0 Å². The van der Waals surface area contributed by atoms with E-state index >= 15 is 0 Å². The van der Waals surface area contributed by atoms with Crippen molar-refractivity contribution >= 4 is 0 Å². The van der Waals surface area contributed by atoms with Crippen LogP contribution in [0.25, 0.3) is 0 Å². The molecule has 0 saturated carbocycles. The van der Waals surface area contributed by atoms with Crippen LogP contribution in [0, 0.1) is 29.1 Å². The zero-order valence-corrected chi connectivity index (χ0v) is 10.2. The SMILES string of the molecule is Fc1ccc(F)c(CNCc2cc(F)c(F)cc2F)c1. The van der Waals surface area contributed by atoms with Crippen molar-refractivity contribution in [2.24, 2.45) is 0 Å². The average molecular weight is 287 g/mol. The van der Waals surface area contributed by atoms with Crippen molar-refractivity contribution in [2.75, 3.05) is 0 Å². The lowest BCUT2D eigenvalue weighted by atomic mass is 10.1. The predicted octanol–water partition coefficient (Wildman–Crippen LogP) is 3.67. The second-order valence-electron chi connectivity index (χ2n) is 4.20. The van der Waals surface area contributed by atoms with Gasteiger partial charge in [-0.25, -0.2) is 22.0 Å². The minimum Gasteiger partial charge on any atom is -0.308 e. The van der Waals surface area contributed by atoms with Gasteiger partial charge >= 0.3 is 0 Å². The van der Waals surface area contributed by atoms with Gasteiger partial charge in [-0.1, -0.05) is 0 Å². The first kappa shape index (κ1) is 14.5. The fourth-order valence-corrected chi connectivity index (χ4v) is 1.71. The minimum atomic E-state index is -1.28. The maximum absolute atomic E-state index is 13.3. The van der Waals surface area contributed by atoms with E-state index in [1.807, 2.05) is 0 Å². The lowest BCUT2D eigenvalue weighted by Crippen LogP contribution is -2.15. The summed E-state index contributed by atoms with van der Waals surface area (Å²) in [6, 6.07) is 4.12. The van der Waals surface area contributed by atoms with E-state index in [1.54, 1.807) is 0 Å². The molecule has 20 heavy (non-hydrogen) atoms. The number of hydrogen-bond donors (Lipinski definition) is 1. The lowest BCUT2D eigenvalue weighted by Gasteiger charge is -2.08. The first-order chi connectivity index (χ1) is 9.47. The highest BCUT2D eigenvalue weighted by Gasteiger charge is 2.10. The number of benzene rings is 2. The van der Waals surface area contributed by atoms with Crippen molar-refractivity contribution in [1.29, 1.82) is 0 Å². The van der Waals surface area contributed by atoms with Gasteiger partial charge < -0.3 is 5.32 Å². The molecule has 0 spiro atoms. The summed E-state index contributed by atoms with van der Waals surface area (Å²) in [5, 5.41) is 2.64. The second kappa shape index (κ2) is 6.00. The Balaban J connectivity index is 2.03. The molecule has 0 bridgehead atoms. The van der Waals surface area contributed by atoms with Gasteiger partial charge in [0, 0.05) is 30.3 Å². The molecular weight excluding hydrogens is 277 g/mol. The van der Waals surface area contributed by atoms with Crippen molar-refractivity contribution in [3.8, 4) is 0 Å². The van der Waals surface area contributed by atoms with Crippen LogP contribution in [-0.4, -0.2) is 0 Å². The molecule has 0 aliphatic rings. The molecule has 0 saturated heterocycles. The Morgan fingerprint density at radius 3 is 1.95 bits per heavy atom. The molecule has 2 rings (SSSR count). The van der Waals surface area contributed by atoms with Gasteiger partial charge in [0.15, 0.2) is 11.6 Å². The summed E-state index contributed by atoms with van der Waals surface area (Å²) in [5.74, 6) is -4.55. The van der Waals surface area contributed by atoms with E-state index in [-0.39, 0.29) is 24.2 Å². The molecule has 0 atom stereocenters. The highest BCUT2D eigenvalue weighted by atomic mass is 19.2. The van der Waals surface area contributed by atoms with Crippen LogP contribution < -0.4 is 5.32 Å². The van der Waals surface area contributed by atoms with Crippen LogP contribution >= 0.6 is 0 Å². The average Bonchev–Trinajstić information content (AvgIpc) is 2.39. The third-order valence-electron chi connectivity index (χ3n) is 2.73. The largest absolute Gasteiger partial charge is 0.308 e. The standard InChI is InChI=1S/C14H10F5N/c15-10-1-2-11(16)8(3-10)6-20-7-9-4-13(18)14(19)5-12(9)17/h1-5,20H,6-7H2. The summed E-state index contributed by atoms with van der Waals surface area (Å²) in [7, 11) is 0. The van der Waals surface area contributed by atoms with Gasteiger partial charge in [0.1, 0.15) is 17.5 Å². The molecule has 0 aliphatic heterocycles. The van der Waals surface area contributed by atoms with E-state index in [0.29, 0.717) is 6.07 Å². The Labute approximate surface area is 112 Å². The smallest absolute Gasteiger partial charge is 0.161 e. The molecule has 0 heterocycles.